The zero-order valence-electron chi connectivity index (χ0n) is 17.8. The number of fused-ring (bicyclic) bond motifs is 5. The molecule has 3 fully saturated rings. The second-order valence-corrected chi connectivity index (χ2v) is 9.13. The Hall–Kier alpha value is -1.83. The van der Waals surface area contributed by atoms with Gasteiger partial charge in [-0.05, 0) is 26.2 Å². The molecule has 7 nitrogen and oxygen atoms in total. The number of hydrogen-bond donors (Lipinski definition) is 1. The lowest BCUT2D eigenvalue weighted by molar-refractivity contribution is -0.223. The van der Waals surface area contributed by atoms with E-state index >= 15 is 0 Å². The molecule has 3 aliphatic heterocycles. The highest BCUT2D eigenvalue weighted by Crippen LogP contribution is 2.52. The van der Waals surface area contributed by atoms with Gasteiger partial charge in [-0.3, -0.25) is 4.79 Å². The second-order valence-electron chi connectivity index (χ2n) is 9.13. The third kappa shape index (κ3) is 2.71. The van der Waals surface area contributed by atoms with Gasteiger partial charge in [0.25, 0.3) is 0 Å². The van der Waals surface area contributed by atoms with Gasteiger partial charge in [-0.2, -0.15) is 0 Å². The fourth-order valence-electron chi connectivity index (χ4n) is 5.97. The van der Waals surface area contributed by atoms with Gasteiger partial charge in [0.1, 0.15) is 30.0 Å². The van der Waals surface area contributed by atoms with Crippen LogP contribution in [0.4, 0.5) is 0 Å². The summed E-state index contributed by atoms with van der Waals surface area (Å²) in [4.78, 5) is 13.8. The first kappa shape index (κ1) is 20.1. The molecule has 5 rings (SSSR count). The Morgan fingerprint density at radius 1 is 1.17 bits per heavy atom. The molecule has 7 heteroatoms. The highest BCUT2D eigenvalue weighted by Gasteiger charge is 2.63. The summed E-state index contributed by atoms with van der Waals surface area (Å²) in [5, 5.41) is 11.8. The number of hydrogen-bond acceptors (Lipinski definition) is 7. The highest BCUT2D eigenvalue weighted by molar-refractivity contribution is 5.95. The Morgan fingerprint density at radius 2 is 1.90 bits per heavy atom. The van der Waals surface area contributed by atoms with Crippen molar-refractivity contribution in [1.29, 1.82) is 0 Å². The average molecular weight is 418 g/mol. The zero-order valence-corrected chi connectivity index (χ0v) is 17.8. The van der Waals surface area contributed by atoms with Gasteiger partial charge in [-0.1, -0.05) is 12.2 Å². The number of aliphatic hydroxyl groups is 1. The van der Waals surface area contributed by atoms with E-state index in [4.69, 9.17) is 23.7 Å². The number of methoxy groups -OCH3 is 2. The first-order valence-electron chi connectivity index (χ1n) is 10.8. The van der Waals surface area contributed by atoms with E-state index in [9.17, 15) is 9.90 Å². The molecular weight excluding hydrogens is 388 g/mol. The summed E-state index contributed by atoms with van der Waals surface area (Å²) in [6.45, 7) is 6.16. The van der Waals surface area contributed by atoms with Crippen molar-refractivity contribution in [2.24, 2.45) is 11.8 Å². The topological polar surface area (TPSA) is 83.5 Å². The molecule has 1 N–H and O–H groups in total. The third-order valence-electron chi connectivity index (χ3n) is 7.60. The Bertz CT molecular complexity index is 842. The van der Waals surface area contributed by atoms with Gasteiger partial charge < -0.3 is 28.8 Å². The summed E-state index contributed by atoms with van der Waals surface area (Å²) in [7, 11) is 3.15. The van der Waals surface area contributed by atoms with Crippen LogP contribution in [-0.2, 0) is 28.5 Å². The molecule has 164 valence electrons. The molecule has 0 radical (unpaired) electrons. The fraction of sp³-hybridized carbons (Fsp3) is 0.696. The SMILES string of the molecule is C=C(C)[C@@H]1CC2C(CCC3C(=O)[C@]4(O)C5=C(CC(OC)=C(OC)C5)OC[C@@H]4OC32)O1. The number of carbonyl (C=O) groups is 1. The molecule has 7 atom stereocenters. The Labute approximate surface area is 176 Å². The molecule has 2 aliphatic carbocycles. The number of ether oxygens (including phenoxy) is 5. The number of allylic oxidation sites excluding steroid dienone is 1. The first-order valence-corrected chi connectivity index (χ1v) is 10.8. The maximum atomic E-state index is 13.8. The van der Waals surface area contributed by atoms with Gasteiger partial charge in [0.15, 0.2) is 11.4 Å². The molecule has 1 saturated carbocycles. The first-order chi connectivity index (χ1) is 14.4. The van der Waals surface area contributed by atoms with Crippen LogP contribution in [-0.4, -0.2) is 61.7 Å². The predicted octanol–water partition coefficient (Wildman–Crippen LogP) is 2.40. The van der Waals surface area contributed by atoms with Crippen LogP contribution in [0.15, 0.2) is 35.0 Å². The van der Waals surface area contributed by atoms with Gasteiger partial charge >= 0.3 is 0 Å². The van der Waals surface area contributed by atoms with E-state index in [0.29, 0.717) is 35.7 Å². The van der Waals surface area contributed by atoms with Gasteiger partial charge in [-0.15, -0.1) is 0 Å². The molecule has 4 unspecified atom stereocenters. The van der Waals surface area contributed by atoms with Crippen LogP contribution in [0, 0.1) is 11.8 Å². The molecule has 3 heterocycles. The number of rotatable bonds is 3. The average Bonchev–Trinajstić information content (AvgIpc) is 3.19. The van der Waals surface area contributed by atoms with Crippen LogP contribution in [0.25, 0.3) is 0 Å². The molecule has 30 heavy (non-hydrogen) atoms. The number of ketones is 1. The summed E-state index contributed by atoms with van der Waals surface area (Å²) >= 11 is 0. The van der Waals surface area contributed by atoms with Crippen molar-refractivity contribution >= 4 is 5.78 Å². The molecule has 0 bridgehead atoms. The molecular formula is C23H30O7. The normalized spacial score (nSPS) is 42.6. The van der Waals surface area contributed by atoms with E-state index in [1.165, 1.54) is 0 Å². The van der Waals surface area contributed by atoms with E-state index in [0.717, 1.165) is 18.4 Å². The van der Waals surface area contributed by atoms with Crippen molar-refractivity contribution in [3.63, 3.8) is 0 Å². The van der Waals surface area contributed by atoms with Crippen molar-refractivity contribution in [1.82, 2.24) is 0 Å². The molecule has 5 aliphatic rings. The van der Waals surface area contributed by atoms with Crippen LogP contribution >= 0.6 is 0 Å². The predicted molar refractivity (Wildman–Crippen MR) is 106 cm³/mol. The monoisotopic (exact) mass is 418 g/mol. The van der Waals surface area contributed by atoms with E-state index in [-0.39, 0.29) is 49.0 Å². The molecule has 0 amide bonds. The molecule has 0 aromatic rings. The lowest BCUT2D eigenvalue weighted by atomic mass is 9.65. The smallest absolute Gasteiger partial charge is 0.177 e. The summed E-state index contributed by atoms with van der Waals surface area (Å²) in [5.74, 6) is 1.52. The van der Waals surface area contributed by atoms with Gasteiger partial charge in [-0.25, -0.2) is 0 Å². The fourth-order valence-corrected chi connectivity index (χ4v) is 5.97. The lowest BCUT2D eigenvalue weighted by Crippen LogP contribution is -2.67. The largest absolute Gasteiger partial charge is 0.497 e. The van der Waals surface area contributed by atoms with Crippen molar-refractivity contribution in [3.8, 4) is 0 Å². The lowest BCUT2D eigenvalue weighted by Gasteiger charge is -2.52. The van der Waals surface area contributed by atoms with Gasteiger partial charge in [0, 0.05) is 23.8 Å². The van der Waals surface area contributed by atoms with E-state index in [2.05, 4.69) is 6.58 Å². The summed E-state index contributed by atoms with van der Waals surface area (Å²) in [5.41, 5.74) is -0.118. The van der Waals surface area contributed by atoms with Crippen LogP contribution < -0.4 is 0 Å². The highest BCUT2D eigenvalue weighted by atomic mass is 16.6. The van der Waals surface area contributed by atoms with Crippen LogP contribution in [0.5, 0.6) is 0 Å². The maximum Gasteiger partial charge on any atom is 0.177 e. The van der Waals surface area contributed by atoms with E-state index in [1.54, 1.807) is 14.2 Å². The minimum absolute atomic E-state index is 0.00962. The molecule has 0 aromatic carbocycles. The minimum Gasteiger partial charge on any atom is -0.497 e. The van der Waals surface area contributed by atoms with Crippen molar-refractivity contribution in [3.05, 3.63) is 35.0 Å². The van der Waals surface area contributed by atoms with E-state index in [1.807, 2.05) is 6.92 Å². The second kappa shape index (κ2) is 7.11. The minimum atomic E-state index is -1.68. The Morgan fingerprint density at radius 3 is 2.60 bits per heavy atom. The molecule has 0 aromatic heterocycles. The van der Waals surface area contributed by atoms with Crippen LogP contribution in [0.3, 0.4) is 0 Å². The van der Waals surface area contributed by atoms with Crippen molar-refractivity contribution in [2.75, 3.05) is 20.8 Å². The molecule has 0 spiro atoms. The zero-order chi connectivity index (χ0) is 21.2. The van der Waals surface area contributed by atoms with Gasteiger partial charge in [0.05, 0.1) is 39.0 Å². The number of Topliss-reactive ketones (excluding diaryl/α,β-unsaturated/α-hetero) is 1. The van der Waals surface area contributed by atoms with Crippen molar-refractivity contribution in [2.45, 2.75) is 69.0 Å². The van der Waals surface area contributed by atoms with Gasteiger partial charge in [0.2, 0.25) is 0 Å². The molecule has 2 saturated heterocycles. The Kier molecular flexibility index (Phi) is 4.76. The van der Waals surface area contributed by atoms with Crippen molar-refractivity contribution < 1.29 is 33.6 Å². The van der Waals surface area contributed by atoms with E-state index < -0.39 is 11.7 Å². The Balaban J connectivity index is 1.45. The van der Waals surface area contributed by atoms with Crippen LogP contribution in [0.1, 0.15) is 39.0 Å². The third-order valence-corrected chi connectivity index (χ3v) is 7.60. The summed E-state index contributed by atoms with van der Waals surface area (Å²) < 4.78 is 29.5. The summed E-state index contributed by atoms with van der Waals surface area (Å²) in [6, 6.07) is 0. The number of carbonyl (C=O) groups excluding carboxylic acids is 1. The van der Waals surface area contributed by atoms with Crippen LogP contribution in [0.2, 0.25) is 0 Å². The summed E-state index contributed by atoms with van der Waals surface area (Å²) in [6.07, 6.45) is 2.01. The maximum absolute atomic E-state index is 13.8. The quantitative estimate of drug-likeness (QED) is 0.705. The standard InChI is InChI=1S/C23H30O7/c1-11(2)16-7-13-15(29-16)6-5-12-21(13)30-20-10-28-17-9-19(27-4)18(26-3)8-14(17)23(20,25)22(12)24/h12-13,15-16,20-21,25H,1,5-10H2,2-4H3/t12?,13?,15?,16-,20-,21?,23-/m0/s1.